The zero-order valence-electron chi connectivity index (χ0n) is 17.9. The van der Waals surface area contributed by atoms with Gasteiger partial charge in [-0.15, -0.1) is 0 Å². The third-order valence-corrected chi connectivity index (χ3v) is 5.18. The van der Waals surface area contributed by atoms with Crippen LogP contribution in [-0.4, -0.2) is 34.7 Å². The number of benzene rings is 2. The fraction of sp³-hybridized carbons (Fsp3) is 0.174. The lowest BCUT2D eigenvalue weighted by molar-refractivity contribution is -0.123. The maximum absolute atomic E-state index is 12.9. The normalized spacial score (nSPS) is 14.6. The summed E-state index contributed by atoms with van der Waals surface area (Å²) in [5.74, 6) is -1.25. The Kier molecular flexibility index (Phi) is 5.90. The predicted octanol–water partition coefficient (Wildman–Crippen LogP) is 2.79. The van der Waals surface area contributed by atoms with Gasteiger partial charge >= 0.3 is 0 Å². The van der Waals surface area contributed by atoms with Gasteiger partial charge in [0.05, 0.1) is 18.6 Å². The summed E-state index contributed by atoms with van der Waals surface area (Å²) < 4.78 is 5.12. The minimum atomic E-state index is -1.02. The Hall–Kier alpha value is -4.47. The molecule has 2 aromatic carbocycles. The first-order valence-corrected chi connectivity index (χ1v) is 10.1. The van der Waals surface area contributed by atoms with Crippen LogP contribution in [0.4, 0.5) is 23.1 Å². The number of nitrogens with one attached hydrogen (secondary N) is 4. The number of fused-ring (bicyclic) bond motifs is 1. The van der Waals surface area contributed by atoms with Crippen LogP contribution in [0.2, 0.25) is 0 Å². The zero-order chi connectivity index (χ0) is 23.5. The van der Waals surface area contributed by atoms with Gasteiger partial charge in [0.15, 0.2) is 5.78 Å². The highest BCUT2D eigenvalue weighted by molar-refractivity contribution is 6.04. The van der Waals surface area contributed by atoms with Crippen LogP contribution in [-0.2, 0) is 9.59 Å². The molecule has 10 nitrogen and oxygen atoms in total. The van der Waals surface area contributed by atoms with E-state index in [2.05, 4.69) is 25.9 Å². The highest BCUT2D eigenvalue weighted by Gasteiger charge is 2.34. The standard InChI is InChI=1S/C23H21N5O5/c1-12(29)13-3-5-14(6-4-13)24-21(31)17-11-18(30)26-20-19(17)22(32)28-23(27-20)25-15-7-9-16(33-2)10-8-15/h3-10,17H,11H2,1-2H3,(H,24,31)(H3,25,26,27,28,30,32)/t17-/m0/s1. The molecule has 168 valence electrons. The van der Waals surface area contributed by atoms with Gasteiger partial charge in [0.2, 0.25) is 17.8 Å². The Bertz CT molecular complexity index is 1280. The number of methoxy groups -OCH3 is 1. The van der Waals surface area contributed by atoms with Gasteiger partial charge in [0.1, 0.15) is 11.6 Å². The summed E-state index contributed by atoms with van der Waals surface area (Å²) >= 11 is 0. The van der Waals surface area contributed by atoms with Gasteiger partial charge in [0, 0.05) is 23.4 Å². The first-order chi connectivity index (χ1) is 15.8. The van der Waals surface area contributed by atoms with Crippen LogP contribution in [0.15, 0.2) is 53.3 Å². The summed E-state index contributed by atoms with van der Waals surface area (Å²) in [6.45, 7) is 1.45. The van der Waals surface area contributed by atoms with Crippen molar-refractivity contribution in [1.82, 2.24) is 9.97 Å². The number of ether oxygens (including phenoxy) is 1. The van der Waals surface area contributed by atoms with Crippen LogP contribution < -0.4 is 26.2 Å². The van der Waals surface area contributed by atoms with E-state index in [1.807, 2.05) is 0 Å². The average molecular weight is 447 g/mol. The van der Waals surface area contributed by atoms with Crippen molar-refractivity contribution in [3.63, 3.8) is 0 Å². The largest absolute Gasteiger partial charge is 0.497 e. The second kappa shape index (κ2) is 8.95. The van der Waals surface area contributed by atoms with Crippen molar-refractivity contribution in [3.05, 3.63) is 70.0 Å². The number of rotatable bonds is 6. The molecule has 2 amide bonds. The van der Waals surface area contributed by atoms with Crippen molar-refractivity contribution in [3.8, 4) is 5.75 Å². The summed E-state index contributed by atoms with van der Waals surface area (Å²) in [4.78, 5) is 56.3. The van der Waals surface area contributed by atoms with Crippen molar-refractivity contribution in [2.45, 2.75) is 19.3 Å². The number of ketones is 1. The number of amides is 2. The first kappa shape index (κ1) is 21.8. The van der Waals surface area contributed by atoms with Crippen LogP contribution >= 0.6 is 0 Å². The number of carbonyl (C=O) groups is 3. The molecule has 0 fully saturated rings. The SMILES string of the molecule is COc1ccc(Nc2nc3c(c(=O)[nH]2)[C@@H](C(=O)Nc2ccc(C(C)=O)cc2)CC(=O)N3)cc1. The molecule has 2 heterocycles. The van der Waals surface area contributed by atoms with E-state index in [-0.39, 0.29) is 29.5 Å². The molecule has 0 saturated heterocycles. The van der Waals surface area contributed by atoms with Crippen molar-refractivity contribution in [2.75, 3.05) is 23.1 Å². The molecule has 10 heteroatoms. The molecular weight excluding hydrogens is 426 g/mol. The van der Waals surface area contributed by atoms with Crippen molar-refractivity contribution >= 4 is 40.7 Å². The maximum atomic E-state index is 12.9. The summed E-state index contributed by atoms with van der Waals surface area (Å²) in [5.41, 5.74) is 1.13. The third-order valence-electron chi connectivity index (χ3n) is 5.18. The molecule has 1 aliphatic rings. The molecule has 0 spiro atoms. The first-order valence-electron chi connectivity index (χ1n) is 10.1. The van der Waals surface area contributed by atoms with Crippen molar-refractivity contribution < 1.29 is 19.1 Å². The lowest BCUT2D eigenvalue weighted by Crippen LogP contribution is -2.36. The highest BCUT2D eigenvalue weighted by Crippen LogP contribution is 2.30. The fourth-order valence-electron chi connectivity index (χ4n) is 3.48. The second-order valence-corrected chi connectivity index (χ2v) is 7.46. The van der Waals surface area contributed by atoms with Crippen LogP contribution in [0.25, 0.3) is 0 Å². The Morgan fingerprint density at radius 2 is 1.70 bits per heavy atom. The molecule has 0 saturated carbocycles. The van der Waals surface area contributed by atoms with Gasteiger partial charge in [-0.1, -0.05) is 0 Å². The lowest BCUT2D eigenvalue weighted by atomic mass is 9.92. The minimum absolute atomic E-state index is 0.0260. The fourth-order valence-corrected chi connectivity index (χ4v) is 3.48. The summed E-state index contributed by atoms with van der Waals surface area (Å²) in [5, 5.41) is 8.22. The number of aromatic nitrogens is 2. The molecule has 1 aliphatic heterocycles. The third kappa shape index (κ3) is 4.74. The smallest absolute Gasteiger partial charge is 0.258 e. The van der Waals surface area contributed by atoms with Gasteiger partial charge in [0.25, 0.3) is 5.56 Å². The molecule has 4 rings (SSSR count). The van der Waals surface area contributed by atoms with E-state index >= 15 is 0 Å². The number of anilines is 4. The van der Waals surface area contributed by atoms with E-state index in [0.717, 1.165) is 0 Å². The molecule has 33 heavy (non-hydrogen) atoms. The summed E-state index contributed by atoms with van der Waals surface area (Å²) in [6, 6.07) is 13.3. The van der Waals surface area contributed by atoms with E-state index in [4.69, 9.17) is 4.74 Å². The van der Waals surface area contributed by atoms with Crippen molar-refractivity contribution in [1.29, 1.82) is 0 Å². The summed E-state index contributed by atoms with van der Waals surface area (Å²) in [6.07, 6.45) is -0.194. The van der Waals surface area contributed by atoms with Gasteiger partial charge in [-0.05, 0) is 55.5 Å². The highest BCUT2D eigenvalue weighted by atomic mass is 16.5. The Balaban J connectivity index is 1.58. The molecule has 0 bridgehead atoms. The van der Waals surface area contributed by atoms with E-state index in [9.17, 15) is 19.2 Å². The van der Waals surface area contributed by atoms with Gasteiger partial charge in [-0.25, -0.2) is 0 Å². The number of aromatic amines is 1. The molecule has 0 aliphatic carbocycles. The Morgan fingerprint density at radius 3 is 2.33 bits per heavy atom. The van der Waals surface area contributed by atoms with Gasteiger partial charge < -0.3 is 20.7 Å². The van der Waals surface area contributed by atoms with Crippen LogP contribution in [0.3, 0.4) is 0 Å². The molecule has 4 N–H and O–H groups in total. The molecule has 0 radical (unpaired) electrons. The quantitative estimate of drug-likeness (QED) is 0.426. The van der Waals surface area contributed by atoms with E-state index in [1.54, 1.807) is 55.6 Å². The number of Topliss-reactive ketones (excluding diaryl/α,β-unsaturated/α-hetero) is 1. The molecule has 1 atom stereocenters. The van der Waals surface area contributed by atoms with E-state index in [0.29, 0.717) is 22.7 Å². The number of nitrogens with zero attached hydrogens (tertiary/aromatic N) is 1. The summed E-state index contributed by atoms with van der Waals surface area (Å²) in [7, 11) is 1.56. The number of H-pyrrole nitrogens is 1. The number of hydrogen-bond donors (Lipinski definition) is 4. The monoisotopic (exact) mass is 447 g/mol. The molecule has 3 aromatic rings. The van der Waals surface area contributed by atoms with Crippen LogP contribution in [0, 0.1) is 0 Å². The predicted molar refractivity (Wildman–Crippen MR) is 122 cm³/mol. The molecule has 1 aromatic heterocycles. The Morgan fingerprint density at radius 1 is 1.03 bits per heavy atom. The second-order valence-electron chi connectivity index (χ2n) is 7.46. The number of hydrogen-bond acceptors (Lipinski definition) is 7. The van der Waals surface area contributed by atoms with Crippen LogP contribution in [0.5, 0.6) is 5.75 Å². The van der Waals surface area contributed by atoms with Crippen molar-refractivity contribution in [2.24, 2.45) is 0 Å². The Labute approximate surface area is 188 Å². The maximum Gasteiger partial charge on any atom is 0.258 e. The van der Waals surface area contributed by atoms with Crippen LogP contribution in [0.1, 0.15) is 35.2 Å². The zero-order valence-corrected chi connectivity index (χ0v) is 17.9. The topological polar surface area (TPSA) is 142 Å². The van der Waals surface area contributed by atoms with E-state index < -0.39 is 23.3 Å². The van der Waals surface area contributed by atoms with E-state index in [1.165, 1.54) is 6.92 Å². The number of carbonyl (C=O) groups excluding carboxylic acids is 3. The lowest BCUT2D eigenvalue weighted by Gasteiger charge is -2.23. The molecular formula is C23H21N5O5. The molecule has 0 unspecified atom stereocenters. The van der Waals surface area contributed by atoms with Gasteiger partial charge in [-0.3, -0.25) is 24.2 Å². The van der Waals surface area contributed by atoms with Gasteiger partial charge in [-0.2, -0.15) is 4.98 Å². The minimum Gasteiger partial charge on any atom is -0.497 e. The average Bonchev–Trinajstić information content (AvgIpc) is 2.79.